The van der Waals surface area contributed by atoms with E-state index in [1.165, 1.54) is 6.42 Å². The predicted molar refractivity (Wildman–Crippen MR) is 65.2 cm³/mol. The minimum atomic E-state index is 0.367. The fourth-order valence-electron chi connectivity index (χ4n) is 3.10. The summed E-state index contributed by atoms with van der Waals surface area (Å²) in [6, 6.07) is 1.75. The average molecular weight is 224 g/mol. The molecule has 2 heterocycles. The third-order valence-electron chi connectivity index (χ3n) is 3.85. The Morgan fingerprint density at radius 1 is 1.19 bits per heavy atom. The molecule has 3 nitrogen and oxygen atoms in total. The van der Waals surface area contributed by atoms with Gasteiger partial charge in [-0.15, -0.1) is 0 Å². The Bertz CT molecular complexity index is 275. The molecule has 0 aromatic rings. The van der Waals surface area contributed by atoms with Gasteiger partial charge >= 0.3 is 0 Å². The summed E-state index contributed by atoms with van der Waals surface area (Å²) < 4.78 is 0. The highest BCUT2D eigenvalue weighted by Gasteiger charge is 2.45. The van der Waals surface area contributed by atoms with E-state index in [-0.39, 0.29) is 0 Å². The Morgan fingerprint density at radius 2 is 1.88 bits per heavy atom. The summed E-state index contributed by atoms with van der Waals surface area (Å²) in [5, 5.41) is 0. The van der Waals surface area contributed by atoms with Crippen molar-refractivity contribution in [3.05, 3.63) is 0 Å². The first kappa shape index (κ1) is 11.9. The summed E-state index contributed by atoms with van der Waals surface area (Å²) in [6.07, 6.45) is 1.91. The SMILES string of the molecule is CC(C)CC(=O)N1CC2CC1CN2C(C)C. The van der Waals surface area contributed by atoms with Gasteiger partial charge in [0.05, 0.1) is 0 Å². The van der Waals surface area contributed by atoms with E-state index in [2.05, 4.69) is 37.5 Å². The van der Waals surface area contributed by atoms with Crippen LogP contribution in [0.3, 0.4) is 0 Å². The third-order valence-corrected chi connectivity index (χ3v) is 3.85. The van der Waals surface area contributed by atoms with E-state index >= 15 is 0 Å². The molecule has 2 atom stereocenters. The second-order valence-electron chi connectivity index (χ2n) is 5.98. The fraction of sp³-hybridized carbons (Fsp3) is 0.923. The molecule has 0 aliphatic carbocycles. The van der Waals surface area contributed by atoms with Crippen LogP contribution in [-0.4, -0.2) is 46.9 Å². The summed E-state index contributed by atoms with van der Waals surface area (Å²) in [6.45, 7) is 10.8. The van der Waals surface area contributed by atoms with Crippen molar-refractivity contribution >= 4 is 5.91 Å². The van der Waals surface area contributed by atoms with Crippen molar-refractivity contribution in [3.63, 3.8) is 0 Å². The van der Waals surface area contributed by atoms with Crippen molar-refractivity contribution < 1.29 is 4.79 Å². The second-order valence-corrected chi connectivity index (χ2v) is 5.98. The molecule has 2 aliphatic heterocycles. The standard InChI is InChI=1S/C13H24N2O/c1-9(2)5-13(16)15-8-11-6-12(15)7-14(11)10(3)4/h9-12H,5-8H2,1-4H3. The number of nitrogens with zero attached hydrogens (tertiary/aromatic N) is 2. The highest BCUT2D eigenvalue weighted by Crippen LogP contribution is 2.32. The number of hydrogen-bond acceptors (Lipinski definition) is 2. The summed E-state index contributed by atoms with van der Waals surface area (Å²) >= 11 is 0. The summed E-state index contributed by atoms with van der Waals surface area (Å²) in [5.41, 5.74) is 0. The van der Waals surface area contributed by atoms with Gasteiger partial charge in [-0.05, 0) is 26.2 Å². The molecule has 0 aromatic heterocycles. The lowest BCUT2D eigenvalue weighted by Crippen LogP contribution is -2.50. The van der Waals surface area contributed by atoms with E-state index in [0.29, 0.717) is 36.4 Å². The van der Waals surface area contributed by atoms with Crippen LogP contribution in [0.5, 0.6) is 0 Å². The Labute approximate surface area is 98.8 Å². The maximum atomic E-state index is 12.0. The molecule has 1 amide bonds. The number of rotatable bonds is 3. The van der Waals surface area contributed by atoms with Gasteiger partial charge in [0.1, 0.15) is 0 Å². The molecule has 0 N–H and O–H groups in total. The molecule has 0 radical (unpaired) electrons. The van der Waals surface area contributed by atoms with Gasteiger partial charge in [-0.1, -0.05) is 13.8 Å². The minimum Gasteiger partial charge on any atom is -0.337 e. The molecule has 2 unspecified atom stereocenters. The number of carbonyl (C=O) groups is 1. The second kappa shape index (κ2) is 4.36. The Hall–Kier alpha value is -0.570. The van der Waals surface area contributed by atoms with Crippen molar-refractivity contribution in [1.29, 1.82) is 0 Å². The number of fused-ring (bicyclic) bond motifs is 2. The largest absolute Gasteiger partial charge is 0.337 e. The third kappa shape index (κ3) is 2.10. The molecular formula is C13H24N2O. The molecule has 2 saturated heterocycles. The van der Waals surface area contributed by atoms with Crippen LogP contribution in [0, 0.1) is 5.92 Å². The van der Waals surface area contributed by atoms with Gasteiger partial charge in [-0.25, -0.2) is 0 Å². The molecule has 16 heavy (non-hydrogen) atoms. The maximum Gasteiger partial charge on any atom is 0.223 e. The lowest BCUT2D eigenvalue weighted by molar-refractivity contribution is -0.134. The van der Waals surface area contributed by atoms with E-state index < -0.39 is 0 Å². The van der Waals surface area contributed by atoms with Crippen LogP contribution in [0.1, 0.15) is 40.5 Å². The van der Waals surface area contributed by atoms with Gasteiger partial charge in [0, 0.05) is 37.6 Å². The van der Waals surface area contributed by atoms with Crippen molar-refractivity contribution in [2.24, 2.45) is 5.92 Å². The highest BCUT2D eigenvalue weighted by atomic mass is 16.2. The monoisotopic (exact) mass is 224 g/mol. The van der Waals surface area contributed by atoms with Gasteiger partial charge < -0.3 is 4.90 Å². The number of carbonyl (C=O) groups excluding carboxylic acids is 1. The molecule has 2 rings (SSSR count). The van der Waals surface area contributed by atoms with Gasteiger partial charge in [0.2, 0.25) is 5.91 Å². The minimum absolute atomic E-state index is 0.367. The average Bonchev–Trinajstić information content (AvgIpc) is 2.74. The zero-order chi connectivity index (χ0) is 11.9. The number of hydrogen-bond donors (Lipinski definition) is 0. The van der Waals surface area contributed by atoms with Gasteiger partial charge in [-0.2, -0.15) is 0 Å². The van der Waals surface area contributed by atoms with Crippen LogP contribution in [0.2, 0.25) is 0 Å². The summed E-state index contributed by atoms with van der Waals surface area (Å²) in [5.74, 6) is 0.846. The molecule has 2 bridgehead atoms. The fourth-order valence-corrected chi connectivity index (χ4v) is 3.10. The lowest BCUT2D eigenvalue weighted by atomic mass is 10.1. The normalized spacial score (nSPS) is 29.8. The van der Waals surface area contributed by atoms with Gasteiger partial charge in [-0.3, -0.25) is 9.69 Å². The van der Waals surface area contributed by atoms with Crippen LogP contribution in [0.15, 0.2) is 0 Å². The van der Waals surface area contributed by atoms with Crippen molar-refractivity contribution in [2.45, 2.75) is 58.7 Å². The number of likely N-dealkylation sites (tertiary alicyclic amines) is 2. The zero-order valence-corrected chi connectivity index (χ0v) is 10.9. The molecule has 0 spiro atoms. The van der Waals surface area contributed by atoms with E-state index in [1.807, 2.05) is 0 Å². The zero-order valence-electron chi connectivity index (χ0n) is 10.9. The quantitative estimate of drug-likeness (QED) is 0.729. The molecule has 92 valence electrons. The van der Waals surface area contributed by atoms with E-state index in [4.69, 9.17) is 0 Å². The molecule has 2 fully saturated rings. The Kier molecular flexibility index (Phi) is 3.24. The summed E-state index contributed by atoms with van der Waals surface area (Å²) in [4.78, 5) is 16.7. The first-order chi connectivity index (χ1) is 7.49. The topological polar surface area (TPSA) is 23.6 Å². The first-order valence-corrected chi connectivity index (χ1v) is 6.54. The van der Waals surface area contributed by atoms with Crippen LogP contribution >= 0.6 is 0 Å². The molecule has 3 heteroatoms. The van der Waals surface area contributed by atoms with E-state index in [9.17, 15) is 4.79 Å². The van der Waals surface area contributed by atoms with Crippen LogP contribution in [0.4, 0.5) is 0 Å². The first-order valence-electron chi connectivity index (χ1n) is 6.54. The molecular weight excluding hydrogens is 200 g/mol. The maximum absolute atomic E-state index is 12.0. The number of piperazine rings is 1. The molecule has 0 aromatic carbocycles. The van der Waals surface area contributed by atoms with Gasteiger partial charge in [0.15, 0.2) is 0 Å². The Morgan fingerprint density at radius 3 is 2.31 bits per heavy atom. The van der Waals surface area contributed by atoms with Gasteiger partial charge in [0.25, 0.3) is 0 Å². The van der Waals surface area contributed by atoms with E-state index in [0.717, 1.165) is 13.1 Å². The van der Waals surface area contributed by atoms with E-state index in [1.54, 1.807) is 0 Å². The lowest BCUT2D eigenvalue weighted by Gasteiger charge is -2.36. The van der Waals surface area contributed by atoms with Crippen molar-refractivity contribution in [1.82, 2.24) is 9.80 Å². The smallest absolute Gasteiger partial charge is 0.223 e. The van der Waals surface area contributed by atoms with Crippen molar-refractivity contribution in [3.8, 4) is 0 Å². The van der Waals surface area contributed by atoms with Crippen LogP contribution in [-0.2, 0) is 4.79 Å². The van der Waals surface area contributed by atoms with Crippen molar-refractivity contribution in [2.75, 3.05) is 13.1 Å². The predicted octanol–water partition coefficient (Wildman–Crippen LogP) is 1.73. The van der Waals surface area contributed by atoms with Crippen LogP contribution < -0.4 is 0 Å². The van der Waals surface area contributed by atoms with Crippen LogP contribution in [0.25, 0.3) is 0 Å². The number of amides is 1. The summed E-state index contributed by atoms with van der Waals surface area (Å²) in [7, 11) is 0. The molecule has 0 saturated carbocycles. The molecule has 2 aliphatic rings. The Balaban J connectivity index is 1.93. The highest BCUT2D eigenvalue weighted by molar-refractivity contribution is 5.77.